The van der Waals surface area contributed by atoms with Crippen LogP contribution in [-0.2, 0) is 6.42 Å². The summed E-state index contributed by atoms with van der Waals surface area (Å²) in [5.74, 6) is 1.02. The van der Waals surface area contributed by atoms with Crippen molar-refractivity contribution in [1.82, 2.24) is 0 Å². The van der Waals surface area contributed by atoms with E-state index in [-0.39, 0.29) is 18.4 Å². The van der Waals surface area contributed by atoms with E-state index in [0.717, 1.165) is 24.3 Å². The molecule has 0 spiro atoms. The van der Waals surface area contributed by atoms with Gasteiger partial charge in [-0.05, 0) is 24.1 Å². The molecule has 2 nitrogen and oxygen atoms in total. The van der Waals surface area contributed by atoms with Crippen molar-refractivity contribution in [3.63, 3.8) is 0 Å². The number of hydrogen-bond donors (Lipinski definition) is 1. The van der Waals surface area contributed by atoms with E-state index in [0.29, 0.717) is 0 Å². The SMILES string of the molecule is CC(N)c1ccc2c(c1)OCC2.Cl. The van der Waals surface area contributed by atoms with Gasteiger partial charge in [-0.2, -0.15) is 0 Å². The molecule has 1 heterocycles. The molecule has 0 radical (unpaired) electrons. The number of nitrogens with two attached hydrogens (primary N) is 1. The quantitative estimate of drug-likeness (QED) is 0.752. The van der Waals surface area contributed by atoms with E-state index in [9.17, 15) is 0 Å². The highest BCUT2D eigenvalue weighted by molar-refractivity contribution is 5.85. The second-order valence-corrected chi connectivity index (χ2v) is 3.25. The zero-order valence-electron chi connectivity index (χ0n) is 7.62. The van der Waals surface area contributed by atoms with Crippen LogP contribution >= 0.6 is 12.4 Å². The second-order valence-electron chi connectivity index (χ2n) is 3.25. The molecule has 2 N–H and O–H groups in total. The molecule has 2 rings (SSSR count). The van der Waals surface area contributed by atoms with Crippen molar-refractivity contribution in [3.05, 3.63) is 29.3 Å². The first-order valence-corrected chi connectivity index (χ1v) is 4.28. The fourth-order valence-corrected chi connectivity index (χ4v) is 1.47. The molecular formula is C10H14ClNO. The third-order valence-electron chi connectivity index (χ3n) is 2.25. The van der Waals surface area contributed by atoms with Gasteiger partial charge in [0.1, 0.15) is 5.75 Å². The van der Waals surface area contributed by atoms with Crippen LogP contribution in [0.1, 0.15) is 24.1 Å². The molecule has 1 aliphatic heterocycles. The van der Waals surface area contributed by atoms with E-state index in [1.165, 1.54) is 5.56 Å². The molecule has 0 saturated heterocycles. The zero-order valence-corrected chi connectivity index (χ0v) is 8.43. The lowest BCUT2D eigenvalue weighted by Crippen LogP contribution is -2.04. The van der Waals surface area contributed by atoms with Crippen LogP contribution in [0.3, 0.4) is 0 Å². The van der Waals surface area contributed by atoms with E-state index in [2.05, 4.69) is 12.1 Å². The molecular weight excluding hydrogens is 186 g/mol. The molecule has 1 unspecified atom stereocenters. The Morgan fingerprint density at radius 2 is 2.23 bits per heavy atom. The van der Waals surface area contributed by atoms with E-state index in [1.807, 2.05) is 13.0 Å². The van der Waals surface area contributed by atoms with Gasteiger partial charge < -0.3 is 10.5 Å². The van der Waals surface area contributed by atoms with Crippen LogP contribution in [0, 0.1) is 0 Å². The minimum Gasteiger partial charge on any atom is -0.493 e. The van der Waals surface area contributed by atoms with Crippen molar-refractivity contribution < 1.29 is 4.74 Å². The van der Waals surface area contributed by atoms with Crippen molar-refractivity contribution in [2.24, 2.45) is 5.73 Å². The molecule has 1 aromatic rings. The highest BCUT2D eigenvalue weighted by Gasteiger charge is 2.12. The summed E-state index contributed by atoms with van der Waals surface area (Å²) in [4.78, 5) is 0. The summed E-state index contributed by atoms with van der Waals surface area (Å²) < 4.78 is 5.43. The first-order chi connectivity index (χ1) is 5.77. The average Bonchev–Trinajstić information content (AvgIpc) is 2.49. The Morgan fingerprint density at radius 3 is 2.92 bits per heavy atom. The summed E-state index contributed by atoms with van der Waals surface area (Å²) in [5.41, 5.74) is 8.21. The summed E-state index contributed by atoms with van der Waals surface area (Å²) in [6, 6.07) is 6.34. The van der Waals surface area contributed by atoms with Crippen LogP contribution in [0.4, 0.5) is 0 Å². The molecule has 72 valence electrons. The van der Waals surface area contributed by atoms with Gasteiger partial charge in [-0.3, -0.25) is 0 Å². The van der Waals surface area contributed by atoms with Crippen LogP contribution in [-0.4, -0.2) is 6.61 Å². The van der Waals surface area contributed by atoms with E-state index >= 15 is 0 Å². The van der Waals surface area contributed by atoms with Gasteiger partial charge in [0.05, 0.1) is 6.61 Å². The lowest BCUT2D eigenvalue weighted by molar-refractivity contribution is 0.356. The van der Waals surface area contributed by atoms with Gasteiger partial charge in [0.25, 0.3) is 0 Å². The standard InChI is InChI=1S/C10H13NO.ClH/c1-7(11)9-3-2-8-4-5-12-10(8)6-9;/h2-3,6-7H,4-5,11H2,1H3;1H. The summed E-state index contributed by atoms with van der Waals surface area (Å²) in [6.45, 7) is 2.80. The Labute approximate surface area is 84.5 Å². The molecule has 1 atom stereocenters. The maximum atomic E-state index is 5.75. The number of ether oxygens (including phenoxy) is 1. The van der Waals surface area contributed by atoms with Gasteiger partial charge in [-0.25, -0.2) is 0 Å². The highest BCUT2D eigenvalue weighted by atomic mass is 35.5. The lowest BCUT2D eigenvalue weighted by atomic mass is 10.1. The third-order valence-corrected chi connectivity index (χ3v) is 2.25. The van der Waals surface area contributed by atoms with Crippen LogP contribution in [0.2, 0.25) is 0 Å². The van der Waals surface area contributed by atoms with E-state index in [4.69, 9.17) is 10.5 Å². The van der Waals surface area contributed by atoms with Crippen LogP contribution in [0.25, 0.3) is 0 Å². The van der Waals surface area contributed by atoms with Crippen LogP contribution in [0.15, 0.2) is 18.2 Å². The first kappa shape index (κ1) is 10.4. The molecule has 1 aromatic carbocycles. The molecule has 0 amide bonds. The largest absolute Gasteiger partial charge is 0.493 e. The molecule has 13 heavy (non-hydrogen) atoms. The Bertz CT molecular complexity index is 299. The van der Waals surface area contributed by atoms with Gasteiger partial charge in [0.2, 0.25) is 0 Å². The summed E-state index contributed by atoms with van der Waals surface area (Å²) in [6.07, 6.45) is 1.04. The van der Waals surface area contributed by atoms with Gasteiger partial charge in [0, 0.05) is 12.5 Å². The van der Waals surface area contributed by atoms with Crippen molar-refractivity contribution in [1.29, 1.82) is 0 Å². The third kappa shape index (κ3) is 1.95. The van der Waals surface area contributed by atoms with Gasteiger partial charge in [0.15, 0.2) is 0 Å². The molecule has 0 aromatic heterocycles. The average molecular weight is 200 g/mol. The molecule has 0 saturated carbocycles. The molecule has 0 bridgehead atoms. The fraction of sp³-hybridized carbons (Fsp3) is 0.400. The summed E-state index contributed by atoms with van der Waals surface area (Å²) in [5, 5.41) is 0. The first-order valence-electron chi connectivity index (χ1n) is 4.28. The number of benzene rings is 1. The van der Waals surface area contributed by atoms with Crippen molar-refractivity contribution in [2.75, 3.05) is 6.61 Å². The van der Waals surface area contributed by atoms with Crippen molar-refractivity contribution >= 4 is 12.4 Å². The van der Waals surface area contributed by atoms with Crippen LogP contribution < -0.4 is 10.5 Å². The number of hydrogen-bond acceptors (Lipinski definition) is 2. The van der Waals surface area contributed by atoms with Crippen LogP contribution in [0.5, 0.6) is 5.75 Å². The zero-order chi connectivity index (χ0) is 8.55. The monoisotopic (exact) mass is 199 g/mol. The number of rotatable bonds is 1. The number of fused-ring (bicyclic) bond motifs is 1. The van der Waals surface area contributed by atoms with E-state index < -0.39 is 0 Å². The molecule has 1 aliphatic rings. The topological polar surface area (TPSA) is 35.2 Å². The summed E-state index contributed by atoms with van der Waals surface area (Å²) in [7, 11) is 0. The van der Waals surface area contributed by atoms with E-state index in [1.54, 1.807) is 0 Å². The minimum atomic E-state index is 0. The maximum absolute atomic E-state index is 5.75. The maximum Gasteiger partial charge on any atom is 0.122 e. The Kier molecular flexibility index (Phi) is 3.17. The Hall–Kier alpha value is -0.730. The lowest BCUT2D eigenvalue weighted by Gasteiger charge is -2.06. The minimum absolute atomic E-state index is 0. The van der Waals surface area contributed by atoms with Crippen molar-refractivity contribution in [2.45, 2.75) is 19.4 Å². The molecule has 3 heteroatoms. The predicted molar refractivity (Wildman–Crippen MR) is 55.5 cm³/mol. The number of halogens is 1. The molecule has 0 fully saturated rings. The summed E-state index contributed by atoms with van der Waals surface area (Å²) >= 11 is 0. The fourth-order valence-electron chi connectivity index (χ4n) is 1.47. The Morgan fingerprint density at radius 1 is 1.46 bits per heavy atom. The van der Waals surface area contributed by atoms with Gasteiger partial charge >= 0.3 is 0 Å². The predicted octanol–water partition coefficient (Wildman–Crippen LogP) is 2.06. The van der Waals surface area contributed by atoms with Crippen molar-refractivity contribution in [3.8, 4) is 5.75 Å². The smallest absolute Gasteiger partial charge is 0.122 e. The second kappa shape index (κ2) is 3.99. The molecule has 0 aliphatic carbocycles. The Balaban J connectivity index is 0.000000845. The highest BCUT2D eigenvalue weighted by Crippen LogP contribution is 2.27. The van der Waals surface area contributed by atoms with Gasteiger partial charge in [-0.15, -0.1) is 12.4 Å². The normalized spacial score (nSPS) is 15.5. The van der Waals surface area contributed by atoms with Gasteiger partial charge in [-0.1, -0.05) is 12.1 Å².